The largest absolute Gasteiger partial charge is 0.308 e. The van der Waals surface area contributed by atoms with Crippen LogP contribution in [0.25, 0.3) is 17.2 Å². The fourth-order valence-corrected chi connectivity index (χ4v) is 4.27. The normalized spacial score (nSPS) is 15.2. The molecular formula is C24H23FN8O. The molecule has 0 unspecified atom stereocenters. The Balaban J connectivity index is 1.27. The van der Waals surface area contributed by atoms with Crippen LogP contribution < -0.4 is 10.6 Å². The number of fused-ring (bicyclic) bond motifs is 1. The van der Waals surface area contributed by atoms with Gasteiger partial charge in [0.2, 0.25) is 0 Å². The van der Waals surface area contributed by atoms with Crippen LogP contribution in [-0.4, -0.2) is 41.8 Å². The molecule has 0 radical (unpaired) electrons. The van der Waals surface area contributed by atoms with Crippen molar-refractivity contribution in [3.8, 4) is 17.2 Å². The van der Waals surface area contributed by atoms with Crippen LogP contribution in [0, 0.1) is 12.7 Å². The van der Waals surface area contributed by atoms with Crippen molar-refractivity contribution in [3.63, 3.8) is 0 Å². The molecule has 0 spiro atoms. The van der Waals surface area contributed by atoms with E-state index in [1.807, 2.05) is 28.3 Å². The lowest BCUT2D eigenvalue weighted by atomic mass is 10.1. The number of hydrogen-bond donors (Lipinski definition) is 2. The van der Waals surface area contributed by atoms with Gasteiger partial charge in [0.25, 0.3) is 5.91 Å². The number of aryl methyl sites for hydroxylation is 1. The summed E-state index contributed by atoms with van der Waals surface area (Å²) in [7, 11) is 0. The number of imidazole rings is 1. The second kappa shape index (κ2) is 8.14. The third-order valence-corrected chi connectivity index (χ3v) is 6.25. The minimum Gasteiger partial charge on any atom is -0.308 e. The molecule has 0 saturated heterocycles. The third-order valence-electron chi connectivity index (χ3n) is 6.25. The van der Waals surface area contributed by atoms with Crippen molar-refractivity contribution in [2.24, 2.45) is 0 Å². The molecule has 2 aliphatic rings. The van der Waals surface area contributed by atoms with Crippen molar-refractivity contribution in [2.45, 2.75) is 38.8 Å². The molecule has 10 heteroatoms. The molecule has 1 amide bonds. The summed E-state index contributed by atoms with van der Waals surface area (Å²) in [6.45, 7) is 4.03. The first-order chi connectivity index (χ1) is 16.6. The molecule has 34 heavy (non-hydrogen) atoms. The molecule has 0 atom stereocenters. The Morgan fingerprint density at radius 2 is 2.12 bits per heavy atom. The lowest BCUT2D eigenvalue weighted by Gasteiger charge is -2.16. The molecule has 1 aliphatic carbocycles. The monoisotopic (exact) mass is 458 g/mol. The highest BCUT2D eigenvalue weighted by Crippen LogP contribution is 2.39. The topological polar surface area (TPSA) is 103 Å². The van der Waals surface area contributed by atoms with Gasteiger partial charge in [-0.3, -0.25) is 4.79 Å². The molecule has 1 saturated carbocycles. The molecule has 172 valence electrons. The highest BCUT2D eigenvalue weighted by molar-refractivity contribution is 6.04. The minimum atomic E-state index is -0.587. The predicted octanol–water partition coefficient (Wildman–Crippen LogP) is 3.21. The fraction of sp³-hybridized carbons (Fsp3) is 0.292. The first kappa shape index (κ1) is 20.7. The summed E-state index contributed by atoms with van der Waals surface area (Å²) in [4.78, 5) is 22.0. The molecule has 1 aromatic carbocycles. The van der Waals surface area contributed by atoms with Gasteiger partial charge in [-0.25, -0.2) is 14.4 Å². The molecule has 9 nitrogen and oxygen atoms in total. The van der Waals surface area contributed by atoms with Gasteiger partial charge in [-0.2, -0.15) is 0 Å². The smallest absolute Gasteiger partial charge is 0.259 e. The molecule has 2 N–H and O–H groups in total. The fourth-order valence-electron chi connectivity index (χ4n) is 4.27. The summed E-state index contributed by atoms with van der Waals surface area (Å²) in [6, 6.07) is 8.20. The minimum absolute atomic E-state index is 0.0552. The van der Waals surface area contributed by atoms with E-state index < -0.39 is 11.7 Å². The Kier molecular flexibility index (Phi) is 4.95. The Labute approximate surface area is 195 Å². The van der Waals surface area contributed by atoms with Gasteiger partial charge in [-0.05, 0) is 49.6 Å². The van der Waals surface area contributed by atoms with Crippen molar-refractivity contribution in [1.29, 1.82) is 0 Å². The van der Waals surface area contributed by atoms with E-state index in [0.29, 0.717) is 29.8 Å². The zero-order chi connectivity index (χ0) is 23.2. The van der Waals surface area contributed by atoms with Crippen molar-refractivity contribution in [1.82, 2.24) is 34.6 Å². The average Bonchev–Trinajstić information content (AvgIpc) is 3.41. The maximum absolute atomic E-state index is 14.8. The first-order valence-corrected chi connectivity index (χ1v) is 11.3. The maximum atomic E-state index is 14.8. The van der Waals surface area contributed by atoms with Crippen LogP contribution in [0.15, 0.2) is 42.9 Å². The van der Waals surface area contributed by atoms with Gasteiger partial charge in [-0.1, -0.05) is 6.07 Å². The zero-order valence-electron chi connectivity index (χ0n) is 18.6. The molecule has 0 bridgehead atoms. The Hall–Kier alpha value is -3.92. The number of nitrogens with zero attached hydrogens (tertiary/aromatic N) is 6. The van der Waals surface area contributed by atoms with E-state index >= 15 is 0 Å². The number of nitrogens with one attached hydrogen (secondary N) is 2. The second-order valence-corrected chi connectivity index (χ2v) is 8.73. The standard InChI is InChI=1S/C24H23FN8O/c1-14-9-17(25)16(10-20(14)32-12-19(27-13-32)15-5-6-15)24(34)29-21-4-2-3-18(28-21)23-31-30-22-11-26-7-8-33(22)23/h2-4,9-10,12-13,15,26H,5-8,11H2,1H3,(H,28,29,34). The lowest BCUT2D eigenvalue weighted by molar-refractivity contribution is 0.102. The summed E-state index contributed by atoms with van der Waals surface area (Å²) >= 11 is 0. The van der Waals surface area contributed by atoms with E-state index in [1.165, 1.54) is 6.07 Å². The van der Waals surface area contributed by atoms with Gasteiger partial charge in [0.1, 0.15) is 23.2 Å². The predicted molar refractivity (Wildman–Crippen MR) is 123 cm³/mol. The Morgan fingerprint density at radius 1 is 1.24 bits per heavy atom. The van der Waals surface area contributed by atoms with Crippen molar-refractivity contribution in [2.75, 3.05) is 11.9 Å². The number of pyridine rings is 1. The maximum Gasteiger partial charge on any atom is 0.259 e. The lowest BCUT2D eigenvalue weighted by Crippen LogP contribution is -2.28. The van der Waals surface area contributed by atoms with E-state index in [4.69, 9.17) is 0 Å². The number of anilines is 1. The number of hydrogen-bond acceptors (Lipinski definition) is 6. The highest BCUT2D eigenvalue weighted by atomic mass is 19.1. The van der Waals surface area contributed by atoms with Crippen LogP contribution in [0.2, 0.25) is 0 Å². The molecule has 4 aromatic rings. The summed E-state index contributed by atoms with van der Waals surface area (Å²) in [5, 5.41) is 14.5. The van der Waals surface area contributed by atoms with Crippen LogP contribution in [0.4, 0.5) is 10.2 Å². The van der Waals surface area contributed by atoms with Crippen LogP contribution in [0.3, 0.4) is 0 Å². The summed E-state index contributed by atoms with van der Waals surface area (Å²) in [5.41, 5.74) is 3.01. The van der Waals surface area contributed by atoms with Gasteiger partial charge in [0, 0.05) is 25.2 Å². The molecule has 3 aromatic heterocycles. The van der Waals surface area contributed by atoms with Gasteiger partial charge in [-0.15, -0.1) is 10.2 Å². The summed E-state index contributed by atoms with van der Waals surface area (Å²) < 4.78 is 18.7. The summed E-state index contributed by atoms with van der Waals surface area (Å²) in [5.74, 6) is 1.15. The molecular weight excluding hydrogens is 435 g/mol. The number of aromatic nitrogens is 6. The number of halogens is 1. The molecule has 4 heterocycles. The van der Waals surface area contributed by atoms with Gasteiger partial charge in [0.15, 0.2) is 5.82 Å². The van der Waals surface area contributed by atoms with Crippen molar-refractivity contribution in [3.05, 3.63) is 71.3 Å². The van der Waals surface area contributed by atoms with E-state index in [0.717, 1.165) is 48.7 Å². The first-order valence-electron chi connectivity index (χ1n) is 11.3. The molecule has 6 rings (SSSR count). The van der Waals surface area contributed by atoms with Crippen molar-refractivity contribution < 1.29 is 9.18 Å². The third kappa shape index (κ3) is 3.75. The number of carbonyl (C=O) groups is 1. The van der Waals surface area contributed by atoms with Crippen molar-refractivity contribution >= 4 is 11.7 Å². The number of benzene rings is 1. The highest BCUT2D eigenvalue weighted by Gasteiger charge is 2.26. The molecule has 1 aliphatic heterocycles. The van der Waals surface area contributed by atoms with Crippen LogP contribution in [0.1, 0.15) is 46.2 Å². The van der Waals surface area contributed by atoms with Gasteiger partial charge in [0.05, 0.1) is 29.8 Å². The quantitative estimate of drug-likeness (QED) is 0.476. The van der Waals surface area contributed by atoms with Crippen LogP contribution >= 0.6 is 0 Å². The number of rotatable bonds is 5. The number of carbonyl (C=O) groups excluding carboxylic acids is 1. The van der Waals surface area contributed by atoms with Crippen LogP contribution in [0.5, 0.6) is 0 Å². The SMILES string of the molecule is Cc1cc(F)c(C(=O)Nc2cccc(-c3nnc4n3CCNC4)n2)cc1-n1cnc(C2CC2)c1. The average molecular weight is 459 g/mol. The second-order valence-electron chi connectivity index (χ2n) is 8.73. The number of amides is 1. The summed E-state index contributed by atoms with van der Waals surface area (Å²) in [6.07, 6.45) is 5.97. The van der Waals surface area contributed by atoms with E-state index in [1.54, 1.807) is 24.5 Å². The van der Waals surface area contributed by atoms with Gasteiger partial charge >= 0.3 is 0 Å². The van der Waals surface area contributed by atoms with Gasteiger partial charge < -0.3 is 19.8 Å². The molecule has 1 fully saturated rings. The van der Waals surface area contributed by atoms with Crippen LogP contribution in [-0.2, 0) is 13.1 Å². The van der Waals surface area contributed by atoms with E-state index in [9.17, 15) is 9.18 Å². The van der Waals surface area contributed by atoms with E-state index in [2.05, 4.69) is 30.8 Å². The Morgan fingerprint density at radius 3 is 2.97 bits per heavy atom. The zero-order valence-corrected chi connectivity index (χ0v) is 18.6. The van der Waals surface area contributed by atoms with E-state index in [-0.39, 0.29) is 5.56 Å². The Bertz CT molecular complexity index is 1400.